The monoisotopic (exact) mass is 499 g/mol. The van der Waals surface area contributed by atoms with Crippen LogP contribution in [-0.4, -0.2) is 44.6 Å². The lowest BCUT2D eigenvalue weighted by Crippen LogP contribution is -2.46. The summed E-state index contributed by atoms with van der Waals surface area (Å²) in [4.78, 5) is 28.3. The zero-order chi connectivity index (χ0) is 26.0. The summed E-state index contributed by atoms with van der Waals surface area (Å²) in [6.07, 6.45) is 3.23. The number of rotatable bonds is 10. The average Bonchev–Trinajstić information content (AvgIpc) is 2.95. The van der Waals surface area contributed by atoms with Crippen molar-refractivity contribution >= 4 is 17.5 Å². The normalized spacial score (nSPS) is 14.6. The van der Waals surface area contributed by atoms with E-state index < -0.39 is 0 Å². The molecule has 1 heterocycles. The third kappa shape index (κ3) is 6.91. The van der Waals surface area contributed by atoms with E-state index in [9.17, 15) is 9.59 Å². The predicted molar refractivity (Wildman–Crippen MR) is 148 cm³/mol. The van der Waals surface area contributed by atoms with Crippen molar-refractivity contribution in [2.45, 2.75) is 44.6 Å². The van der Waals surface area contributed by atoms with E-state index in [0.717, 1.165) is 61.3 Å². The van der Waals surface area contributed by atoms with Gasteiger partial charge in [-0.1, -0.05) is 61.5 Å². The Morgan fingerprint density at radius 3 is 2.30 bits per heavy atom. The molecule has 0 unspecified atom stereocenters. The number of nitrogens with one attached hydrogen (secondary N) is 2. The van der Waals surface area contributed by atoms with Gasteiger partial charge in [-0.25, -0.2) is 0 Å². The van der Waals surface area contributed by atoms with Crippen molar-refractivity contribution in [3.05, 3.63) is 95.6 Å². The topological polar surface area (TPSA) is 70.7 Å². The van der Waals surface area contributed by atoms with Crippen molar-refractivity contribution in [1.82, 2.24) is 10.6 Å². The van der Waals surface area contributed by atoms with Crippen molar-refractivity contribution in [2.75, 3.05) is 31.6 Å². The highest BCUT2D eigenvalue weighted by atomic mass is 16.5. The second-order valence-electron chi connectivity index (χ2n) is 9.51. The van der Waals surface area contributed by atoms with Crippen molar-refractivity contribution in [3.63, 3.8) is 0 Å². The molecule has 0 radical (unpaired) electrons. The lowest BCUT2D eigenvalue weighted by Gasteiger charge is -2.35. The van der Waals surface area contributed by atoms with E-state index in [1.54, 1.807) is 7.11 Å². The Labute approximate surface area is 220 Å². The van der Waals surface area contributed by atoms with E-state index in [-0.39, 0.29) is 23.8 Å². The molecule has 2 amide bonds. The van der Waals surface area contributed by atoms with Crippen LogP contribution in [0.15, 0.2) is 78.9 Å². The molecule has 6 heteroatoms. The number of anilines is 1. The largest absolute Gasteiger partial charge is 0.497 e. The number of hydrogen-bond donors (Lipinski definition) is 2. The summed E-state index contributed by atoms with van der Waals surface area (Å²) in [6.45, 7) is 4.21. The van der Waals surface area contributed by atoms with Gasteiger partial charge in [0, 0.05) is 31.4 Å². The number of piperidine rings is 1. The second-order valence-corrected chi connectivity index (χ2v) is 9.51. The van der Waals surface area contributed by atoms with E-state index in [2.05, 4.69) is 22.5 Å². The Balaban J connectivity index is 1.30. The number of ether oxygens (including phenoxy) is 1. The van der Waals surface area contributed by atoms with Gasteiger partial charge < -0.3 is 20.3 Å². The summed E-state index contributed by atoms with van der Waals surface area (Å²) in [7, 11) is 1.65. The second kappa shape index (κ2) is 12.9. The molecule has 1 fully saturated rings. The molecule has 1 aliphatic heterocycles. The molecule has 0 bridgehead atoms. The first-order chi connectivity index (χ1) is 18.1. The number of nitrogens with zero attached hydrogens (tertiary/aromatic N) is 1. The lowest BCUT2D eigenvalue weighted by molar-refractivity contribution is -0.123. The van der Waals surface area contributed by atoms with Crippen molar-refractivity contribution in [1.29, 1.82) is 0 Å². The molecular formula is C31H37N3O3. The van der Waals surface area contributed by atoms with Gasteiger partial charge in [0.15, 0.2) is 0 Å². The van der Waals surface area contributed by atoms with E-state index >= 15 is 0 Å². The van der Waals surface area contributed by atoms with Crippen LogP contribution in [0.3, 0.4) is 0 Å². The van der Waals surface area contributed by atoms with Gasteiger partial charge in [-0.2, -0.15) is 0 Å². The number of carbonyl (C=O) groups is 2. The highest BCUT2D eigenvalue weighted by Crippen LogP contribution is 2.25. The molecule has 0 saturated carbocycles. The van der Waals surface area contributed by atoms with Gasteiger partial charge in [-0.15, -0.1) is 0 Å². The minimum Gasteiger partial charge on any atom is -0.497 e. The molecule has 0 aliphatic carbocycles. The summed E-state index contributed by atoms with van der Waals surface area (Å²) >= 11 is 0. The number of amides is 2. The zero-order valence-corrected chi connectivity index (χ0v) is 21.8. The quantitative estimate of drug-likeness (QED) is 0.414. The first-order valence-electron chi connectivity index (χ1n) is 13.2. The van der Waals surface area contributed by atoms with Crippen LogP contribution in [0.2, 0.25) is 0 Å². The highest BCUT2D eigenvalue weighted by Gasteiger charge is 2.26. The highest BCUT2D eigenvalue weighted by molar-refractivity contribution is 5.99. The number of hydrogen-bond acceptors (Lipinski definition) is 4. The average molecular weight is 500 g/mol. The van der Waals surface area contributed by atoms with Gasteiger partial charge in [0.2, 0.25) is 5.91 Å². The van der Waals surface area contributed by atoms with E-state index in [4.69, 9.17) is 4.74 Å². The molecule has 2 N–H and O–H groups in total. The van der Waals surface area contributed by atoms with E-state index in [0.29, 0.717) is 12.1 Å². The number of benzene rings is 3. The lowest BCUT2D eigenvalue weighted by atomic mass is 9.94. The molecule has 37 heavy (non-hydrogen) atoms. The van der Waals surface area contributed by atoms with Crippen molar-refractivity contribution < 1.29 is 14.3 Å². The third-order valence-electron chi connectivity index (χ3n) is 7.12. The summed E-state index contributed by atoms with van der Waals surface area (Å²) < 4.78 is 5.20. The zero-order valence-electron chi connectivity index (χ0n) is 21.8. The molecule has 1 atom stereocenters. The minimum atomic E-state index is -0.124. The van der Waals surface area contributed by atoms with Gasteiger partial charge in [0.25, 0.3) is 5.91 Å². The van der Waals surface area contributed by atoms with Gasteiger partial charge in [-0.05, 0) is 61.1 Å². The third-order valence-corrected chi connectivity index (χ3v) is 7.12. The molecular weight excluding hydrogens is 462 g/mol. The number of para-hydroxylation sites is 1. The Morgan fingerprint density at radius 1 is 0.946 bits per heavy atom. The first-order valence-corrected chi connectivity index (χ1v) is 13.2. The Morgan fingerprint density at radius 2 is 1.62 bits per heavy atom. The van der Waals surface area contributed by atoms with Crippen LogP contribution < -0.4 is 20.3 Å². The number of methoxy groups -OCH3 is 1. The fourth-order valence-electron chi connectivity index (χ4n) is 4.97. The van der Waals surface area contributed by atoms with Crippen LogP contribution in [0.1, 0.15) is 53.6 Å². The van der Waals surface area contributed by atoms with Crippen LogP contribution >= 0.6 is 0 Å². The fraction of sp³-hybridized carbons (Fsp3) is 0.355. The minimum absolute atomic E-state index is 0.0619. The Bertz CT molecular complexity index is 1160. The first kappa shape index (κ1) is 26.3. The molecule has 6 nitrogen and oxygen atoms in total. The smallest absolute Gasteiger partial charge is 0.253 e. The van der Waals surface area contributed by atoms with Crippen molar-refractivity contribution in [3.8, 4) is 5.75 Å². The molecule has 4 rings (SSSR count). The van der Waals surface area contributed by atoms with E-state index in [1.807, 2.05) is 78.9 Å². The summed E-state index contributed by atoms with van der Waals surface area (Å²) in [5.41, 5.74) is 3.85. The van der Waals surface area contributed by atoms with Crippen molar-refractivity contribution in [2.24, 2.45) is 0 Å². The molecule has 0 spiro atoms. The van der Waals surface area contributed by atoms with Crippen LogP contribution in [0, 0.1) is 0 Å². The molecule has 194 valence electrons. The van der Waals surface area contributed by atoms with Gasteiger partial charge in [0.1, 0.15) is 5.75 Å². The van der Waals surface area contributed by atoms with Gasteiger partial charge in [-0.3, -0.25) is 9.59 Å². The molecule has 3 aromatic carbocycles. The van der Waals surface area contributed by atoms with Crippen LogP contribution in [-0.2, 0) is 11.2 Å². The summed E-state index contributed by atoms with van der Waals surface area (Å²) in [5, 5.41) is 6.35. The standard InChI is InChI=1S/C31H37N3O3/c1-3-27(24-9-5-4-6-10-24)31(36)33-25-18-21-34(22-19-25)29-12-8-7-11-28(29)30(35)32-20-17-23-13-15-26(37-2)16-14-23/h4-16,25,27H,3,17-22H2,1-2H3,(H,32,35)(H,33,36)/t27-/m0/s1. The summed E-state index contributed by atoms with van der Waals surface area (Å²) in [6, 6.07) is 25.8. The van der Waals surface area contributed by atoms with Crippen LogP contribution in [0.4, 0.5) is 5.69 Å². The predicted octanol–water partition coefficient (Wildman–Crippen LogP) is 4.95. The van der Waals surface area contributed by atoms with Gasteiger partial charge in [0.05, 0.1) is 18.6 Å². The SMILES string of the molecule is CC[C@H](C(=O)NC1CCN(c2ccccc2C(=O)NCCc2ccc(OC)cc2)CC1)c1ccccc1. The maximum atomic E-state index is 13.0. The van der Waals surface area contributed by atoms with Crippen LogP contribution in [0.25, 0.3) is 0 Å². The fourth-order valence-corrected chi connectivity index (χ4v) is 4.97. The van der Waals surface area contributed by atoms with E-state index in [1.165, 1.54) is 0 Å². The summed E-state index contributed by atoms with van der Waals surface area (Å²) in [5.74, 6) is 0.741. The molecule has 3 aromatic rings. The maximum Gasteiger partial charge on any atom is 0.253 e. The Kier molecular flexibility index (Phi) is 9.19. The molecule has 1 aliphatic rings. The maximum absolute atomic E-state index is 13.0. The Hall–Kier alpha value is -3.80. The molecule has 1 saturated heterocycles. The van der Waals surface area contributed by atoms with Gasteiger partial charge >= 0.3 is 0 Å². The molecule has 0 aromatic heterocycles. The number of carbonyl (C=O) groups excluding carboxylic acids is 2. The van der Waals surface area contributed by atoms with Crippen LogP contribution in [0.5, 0.6) is 5.75 Å².